The molecule has 0 unspecified atom stereocenters. The summed E-state index contributed by atoms with van der Waals surface area (Å²) in [6.45, 7) is 5.67. The molecule has 3 aromatic rings. The molecule has 3 heterocycles. The molecular formula is C24H27FN8O. The maximum absolute atomic E-state index is 14.7. The van der Waals surface area contributed by atoms with E-state index >= 15 is 0 Å². The van der Waals surface area contributed by atoms with Crippen molar-refractivity contribution in [2.75, 3.05) is 42.6 Å². The molecule has 0 bridgehead atoms. The van der Waals surface area contributed by atoms with Gasteiger partial charge in [0, 0.05) is 42.7 Å². The van der Waals surface area contributed by atoms with Crippen LogP contribution in [0.1, 0.15) is 19.4 Å². The van der Waals surface area contributed by atoms with Crippen molar-refractivity contribution in [3.8, 4) is 11.3 Å². The van der Waals surface area contributed by atoms with Crippen molar-refractivity contribution in [2.24, 2.45) is 10.9 Å². The number of nitrogens with zero attached hydrogens (tertiary/aromatic N) is 5. The summed E-state index contributed by atoms with van der Waals surface area (Å²) in [6.07, 6.45) is 2.73. The van der Waals surface area contributed by atoms with Gasteiger partial charge in [-0.25, -0.2) is 19.3 Å². The van der Waals surface area contributed by atoms with E-state index in [1.165, 1.54) is 0 Å². The first kappa shape index (κ1) is 23.2. The van der Waals surface area contributed by atoms with Gasteiger partial charge in [-0.3, -0.25) is 9.79 Å². The van der Waals surface area contributed by atoms with E-state index in [1.807, 2.05) is 13.8 Å². The fraction of sp³-hybridized carbons (Fsp3) is 0.292. The lowest BCUT2D eigenvalue weighted by atomic mass is 9.95. The van der Waals surface area contributed by atoms with Crippen LogP contribution in [0, 0.1) is 11.7 Å². The van der Waals surface area contributed by atoms with Gasteiger partial charge < -0.3 is 21.3 Å². The van der Waals surface area contributed by atoms with Crippen LogP contribution in [0.5, 0.6) is 0 Å². The molecule has 0 spiro atoms. The van der Waals surface area contributed by atoms with Crippen LogP contribution < -0.4 is 21.3 Å². The minimum atomic E-state index is -0.554. The number of aliphatic imine (C=N–C) groups is 1. The molecular weight excluding hydrogens is 435 g/mol. The number of aromatic nitrogens is 3. The maximum atomic E-state index is 14.7. The topological polar surface area (TPSA) is 121 Å². The first-order valence-corrected chi connectivity index (χ1v) is 11.0. The molecule has 1 aromatic carbocycles. The summed E-state index contributed by atoms with van der Waals surface area (Å²) < 4.78 is 14.7. The highest BCUT2D eigenvalue weighted by Crippen LogP contribution is 2.28. The van der Waals surface area contributed by atoms with Crippen molar-refractivity contribution >= 4 is 34.8 Å². The van der Waals surface area contributed by atoms with E-state index in [4.69, 9.17) is 5.73 Å². The molecule has 1 aliphatic heterocycles. The number of halogens is 1. The number of amides is 1. The average Bonchev–Trinajstić information content (AvgIpc) is 2.83. The molecule has 0 atom stereocenters. The third-order valence-electron chi connectivity index (χ3n) is 5.52. The average molecular weight is 463 g/mol. The van der Waals surface area contributed by atoms with Crippen molar-refractivity contribution in [3.63, 3.8) is 0 Å². The smallest absolute Gasteiger partial charge is 0.241 e. The number of hydrogen-bond acceptors (Lipinski definition) is 8. The van der Waals surface area contributed by atoms with Gasteiger partial charge in [0.05, 0.1) is 24.6 Å². The predicted molar refractivity (Wildman–Crippen MR) is 132 cm³/mol. The SMILES string of the molecule is CN=C(c1cc(-c2nc(Nc3ccc(N4CCNCC4=O)cn3)ncc2F)ccc1N)C(C)C. The Bertz CT molecular complexity index is 1230. The summed E-state index contributed by atoms with van der Waals surface area (Å²) in [7, 11) is 1.71. The summed E-state index contributed by atoms with van der Waals surface area (Å²) in [4.78, 5) is 30.9. The monoisotopic (exact) mass is 462 g/mol. The standard InChI is InChI=1S/C24H27FN8O/c1-14(2)22(27-3)17-10-15(4-6-19(17)26)23-18(25)12-30-24(32-23)31-20-7-5-16(11-29-20)33-9-8-28-13-21(33)34/h4-7,10-12,14,28H,8-9,13,26H2,1-3H3,(H,29,30,31,32). The third kappa shape index (κ3) is 4.86. The van der Waals surface area contributed by atoms with E-state index in [1.54, 1.807) is 48.5 Å². The van der Waals surface area contributed by atoms with E-state index in [-0.39, 0.29) is 23.5 Å². The molecule has 4 rings (SSSR count). The Balaban J connectivity index is 1.59. The van der Waals surface area contributed by atoms with Gasteiger partial charge in [0.15, 0.2) is 5.82 Å². The zero-order chi connectivity index (χ0) is 24.2. The van der Waals surface area contributed by atoms with Crippen LogP contribution in [0.15, 0.2) is 47.7 Å². The lowest BCUT2D eigenvalue weighted by molar-refractivity contribution is -0.118. The van der Waals surface area contributed by atoms with Gasteiger partial charge in [-0.15, -0.1) is 0 Å². The molecule has 1 saturated heterocycles. The third-order valence-corrected chi connectivity index (χ3v) is 5.52. The Labute approximate surface area is 197 Å². The van der Waals surface area contributed by atoms with Crippen LogP contribution in [0.4, 0.5) is 27.5 Å². The quantitative estimate of drug-likeness (QED) is 0.380. The summed E-state index contributed by atoms with van der Waals surface area (Å²) >= 11 is 0. The number of nitrogens with one attached hydrogen (secondary N) is 2. The van der Waals surface area contributed by atoms with Gasteiger partial charge >= 0.3 is 0 Å². The number of nitrogen functional groups attached to an aromatic ring is 1. The molecule has 1 aliphatic rings. The predicted octanol–water partition coefficient (Wildman–Crippen LogP) is 3.01. The minimum absolute atomic E-state index is 0.00289. The number of pyridine rings is 1. The molecule has 34 heavy (non-hydrogen) atoms. The van der Waals surface area contributed by atoms with Crippen molar-refractivity contribution in [1.82, 2.24) is 20.3 Å². The molecule has 176 valence electrons. The normalized spacial score (nSPS) is 14.6. The first-order chi connectivity index (χ1) is 16.4. The Morgan fingerprint density at radius 3 is 2.74 bits per heavy atom. The van der Waals surface area contributed by atoms with Gasteiger partial charge in [-0.1, -0.05) is 19.9 Å². The highest BCUT2D eigenvalue weighted by atomic mass is 19.1. The second kappa shape index (κ2) is 9.92. The van der Waals surface area contributed by atoms with Crippen molar-refractivity contribution < 1.29 is 9.18 Å². The van der Waals surface area contributed by atoms with Crippen LogP contribution in [-0.4, -0.2) is 53.3 Å². The lowest BCUT2D eigenvalue weighted by Gasteiger charge is -2.27. The number of piperazine rings is 1. The second-order valence-electron chi connectivity index (χ2n) is 8.20. The number of carbonyl (C=O) groups is 1. The molecule has 1 amide bonds. The van der Waals surface area contributed by atoms with Gasteiger partial charge in [-0.05, 0) is 30.2 Å². The number of rotatable bonds is 6. The van der Waals surface area contributed by atoms with E-state index in [0.717, 1.165) is 24.0 Å². The molecule has 10 heteroatoms. The number of anilines is 4. The van der Waals surface area contributed by atoms with Gasteiger partial charge in [-0.2, -0.15) is 0 Å². The van der Waals surface area contributed by atoms with Crippen LogP contribution >= 0.6 is 0 Å². The maximum Gasteiger partial charge on any atom is 0.241 e. The van der Waals surface area contributed by atoms with Crippen molar-refractivity contribution in [3.05, 3.63) is 54.1 Å². The second-order valence-corrected chi connectivity index (χ2v) is 8.20. The van der Waals surface area contributed by atoms with E-state index < -0.39 is 5.82 Å². The Kier molecular flexibility index (Phi) is 6.78. The fourth-order valence-corrected chi connectivity index (χ4v) is 3.86. The fourth-order valence-electron chi connectivity index (χ4n) is 3.86. The number of nitrogens with two attached hydrogens (primary N) is 1. The number of carbonyl (C=O) groups excluding carboxylic acids is 1. The highest BCUT2D eigenvalue weighted by molar-refractivity contribution is 6.06. The largest absolute Gasteiger partial charge is 0.398 e. The first-order valence-electron chi connectivity index (χ1n) is 11.0. The van der Waals surface area contributed by atoms with Gasteiger partial charge in [0.1, 0.15) is 11.5 Å². The summed E-state index contributed by atoms with van der Waals surface area (Å²) in [5, 5.41) is 6.03. The molecule has 2 aromatic heterocycles. The zero-order valence-corrected chi connectivity index (χ0v) is 19.3. The van der Waals surface area contributed by atoms with Crippen LogP contribution in [0.2, 0.25) is 0 Å². The van der Waals surface area contributed by atoms with Crippen molar-refractivity contribution in [2.45, 2.75) is 13.8 Å². The molecule has 0 aliphatic carbocycles. The van der Waals surface area contributed by atoms with Crippen LogP contribution in [0.3, 0.4) is 0 Å². The van der Waals surface area contributed by atoms with E-state index in [9.17, 15) is 9.18 Å². The highest BCUT2D eigenvalue weighted by Gasteiger charge is 2.20. The van der Waals surface area contributed by atoms with Crippen LogP contribution in [0.25, 0.3) is 11.3 Å². The summed E-state index contributed by atoms with van der Waals surface area (Å²) in [5.41, 5.74) is 9.74. The Hall–Kier alpha value is -3.92. The molecule has 0 radical (unpaired) electrons. The Morgan fingerprint density at radius 2 is 2.06 bits per heavy atom. The molecule has 4 N–H and O–H groups in total. The molecule has 9 nitrogen and oxygen atoms in total. The van der Waals surface area contributed by atoms with Gasteiger partial charge in [0.2, 0.25) is 11.9 Å². The molecule has 0 saturated carbocycles. The number of benzene rings is 1. The summed E-state index contributed by atoms with van der Waals surface area (Å²) in [6, 6.07) is 8.77. The van der Waals surface area contributed by atoms with Crippen LogP contribution in [-0.2, 0) is 4.79 Å². The lowest BCUT2D eigenvalue weighted by Crippen LogP contribution is -2.48. The minimum Gasteiger partial charge on any atom is -0.398 e. The van der Waals surface area contributed by atoms with E-state index in [0.29, 0.717) is 35.8 Å². The van der Waals surface area contributed by atoms with E-state index in [2.05, 4.69) is 30.6 Å². The molecule has 1 fully saturated rings. The summed E-state index contributed by atoms with van der Waals surface area (Å²) in [5.74, 6) is 0.266. The van der Waals surface area contributed by atoms with Crippen molar-refractivity contribution in [1.29, 1.82) is 0 Å². The zero-order valence-electron chi connectivity index (χ0n) is 19.3. The van der Waals surface area contributed by atoms with Gasteiger partial charge in [0.25, 0.3) is 0 Å². The Morgan fingerprint density at radius 1 is 1.24 bits per heavy atom. The number of hydrogen-bond donors (Lipinski definition) is 3.